The quantitative estimate of drug-likeness (QED) is 0.505. The van der Waals surface area contributed by atoms with Gasteiger partial charge in [-0.2, -0.15) is 23.4 Å². The number of halogens is 6. The summed E-state index contributed by atoms with van der Waals surface area (Å²) in [5, 5.41) is 10.2. The molecular formula is C19H17F6N7O. The highest BCUT2D eigenvalue weighted by Gasteiger charge is 2.32. The Bertz CT molecular complexity index is 1070. The number of benzene rings is 1. The molecule has 0 aliphatic heterocycles. The zero-order valence-electron chi connectivity index (χ0n) is 17.0. The molecule has 0 radical (unpaired) electrons. The number of aromatic nitrogens is 5. The molecule has 0 saturated heterocycles. The molecule has 0 aliphatic rings. The fraction of sp³-hybridized carbons (Fsp3) is 0.316. The van der Waals surface area contributed by atoms with E-state index in [0.29, 0.717) is 12.4 Å². The van der Waals surface area contributed by atoms with E-state index < -0.39 is 42.5 Å². The number of amides is 1. The Labute approximate surface area is 183 Å². The summed E-state index contributed by atoms with van der Waals surface area (Å²) in [7, 11) is 0. The number of carbonyl (C=O) groups is 1. The number of nitrogens with zero attached hydrogens (tertiary/aromatic N) is 6. The van der Waals surface area contributed by atoms with E-state index in [2.05, 4.69) is 25.5 Å². The lowest BCUT2D eigenvalue weighted by molar-refractivity contribution is -0.138. The van der Waals surface area contributed by atoms with Gasteiger partial charge in [0.25, 0.3) is 12.3 Å². The highest BCUT2D eigenvalue weighted by atomic mass is 19.4. The summed E-state index contributed by atoms with van der Waals surface area (Å²) in [5.74, 6) is -1.94. The van der Waals surface area contributed by atoms with E-state index in [1.165, 1.54) is 31.5 Å². The Morgan fingerprint density at radius 1 is 1.15 bits per heavy atom. The Hall–Kier alpha value is -3.71. The summed E-state index contributed by atoms with van der Waals surface area (Å²) >= 11 is 0. The van der Waals surface area contributed by atoms with E-state index in [1.54, 1.807) is 0 Å². The van der Waals surface area contributed by atoms with E-state index in [9.17, 15) is 31.1 Å². The third-order valence-electron chi connectivity index (χ3n) is 4.50. The molecule has 2 heterocycles. The van der Waals surface area contributed by atoms with Gasteiger partial charge >= 0.3 is 6.18 Å². The molecule has 176 valence electrons. The summed E-state index contributed by atoms with van der Waals surface area (Å²) in [5.41, 5.74) is -1.61. The molecule has 1 N–H and O–H groups in total. The molecule has 0 spiro atoms. The molecule has 0 bridgehead atoms. The first-order valence-electron chi connectivity index (χ1n) is 9.45. The van der Waals surface area contributed by atoms with Crippen LogP contribution in [0.4, 0.5) is 32.3 Å². The van der Waals surface area contributed by atoms with Gasteiger partial charge < -0.3 is 10.2 Å². The number of hydrogen-bond donors (Lipinski definition) is 1. The van der Waals surface area contributed by atoms with Crippen molar-refractivity contribution < 1.29 is 31.1 Å². The van der Waals surface area contributed by atoms with Crippen LogP contribution in [0.15, 0.2) is 43.0 Å². The minimum absolute atomic E-state index is 0.172. The molecule has 1 unspecified atom stereocenters. The molecule has 1 amide bonds. The molecule has 1 aromatic carbocycles. The standard InChI is InChI=1S/C19H17F6N7O/c1-11(7-26-18-27-8-12(9-28-18)19(23,24)25)31(10-15(21)22)17(33)13-3-2-4-14(20)16(13)32-29-5-6-30-32/h2-6,8-9,11,15H,7,10H2,1H3,(H,26,27,28). The average Bonchev–Trinajstić information content (AvgIpc) is 3.29. The molecule has 3 aromatic rings. The van der Waals surface area contributed by atoms with Crippen LogP contribution >= 0.6 is 0 Å². The molecule has 0 fully saturated rings. The Morgan fingerprint density at radius 2 is 1.79 bits per heavy atom. The normalized spacial score (nSPS) is 12.6. The third kappa shape index (κ3) is 5.75. The predicted molar refractivity (Wildman–Crippen MR) is 103 cm³/mol. The minimum Gasteiger partial charge on any atom is -0.352 e. The summed E-state index contributed by atoms with van der Waals surface area (Å²) in [6.45, 7) is 0.287. The van der Waals surface area contributed by atoms with Crippen LogP contribution in [0.3, 0.4) is 0 Å². The van der Waals surface area contributed by atoms with Gasteiger partial charge in [0.15, 0.2) is 5.82 Å². The second-order valence-corrected chi connectivity index (χ2v) is 6.83. The molecule has 8 nitrogen and oxygen atoms in total. The maximum absolute atomic E-state index is 14.5. The number of alkyl halides is 5. The van der Waals surface area contributed by atoms with Gasteiger partial charge in [0.1, 0.15) is 5.69 Å². The van der Waals surface area contributed by atoms with Crippen molar-refractivity contribution in [2.75, 3.05) is 18.4 Å². The summed E-state index contributed by atoms with van der Waals surface area (Å²) in [4.78, 5) is 21.9. The first-order valence-corrected chi connectivity index (χ1v) is 9.45. The smallest absolute Gasteiger partial charge is 0.352 e. The highest BCUT2D eigenvalue weighted by molar-refractivity contribution is 5.98. The van der Waals surface area contributed by atoms with E-state index in [0.717, 1.165) is 15.8 Å². The van der Waals surface area contributed by atoms with Crippen LogP contribution in [0.1, 0.15) is 22.8 Å². The van der Waals surface area contributed by atoms with Crippen molar-refractivity contribution in [2.45, 2.75) is 25.6 Å². The van der Waals surface area contributed by atoms with E-state index in [-0.39, 0.29) is 23.7 Å². The van der Waals surface area contributed by atoms with Crippen LogP contribution in [0.2, 0.25) is 0 Å². The fourth-order valence-electron chi connectivity index (χ4n) is 2.90. The molecule has 0 saturated carbocycles. The largest absolute Gasteiger partial charge is 0.419 e. The van der Waals surface area contributed by atoms with Crippen LogP contribution in [-0.4, -0.2) is 61.3 Å². The van der Waals surface area contributed by atoms with Crippen molar-refractivity contribution >= 4 is 11.9 Å². The molecule has 14 heteroatoms. The molecule has 0 aliphatic carbocycles. The van der Waals surface area contributed by atoms with Gasteiger partial charge in [0.05, 0.1) is 30.1 Å². The van der Waals surface area contributed by atoms with Crippen LogP contribution < -0.4 is 5.32 Å². The van der Waals surface area contributed by atoms with Gasteiger partial charge in [0, 0.05) is 25.0 Å². The maximum Gasteiger partial charge on any atom is 0.419 e. The molecular weight excluding hydrogens is 456 g/mol. The minimum atomic E-state index is -4.61. The summed E-state index contributed by atoms with van der Waals surface area (Å²) < 4.78 is 78.8. The lowest BCUT2D eigenvalue weighted by Crippen LogP contribution is -2.45. The molecule has 2 aromatic heterocycles. The van der Waals surface area contributed by atoms with Crippen molar-refractivity contribution in [2.24, 2.45) is 0 Å². The molecule has 33 heavy (non-hydrogen) atoms. The Balaban J connectivity index is 1.81. The second kappa shape index (κ2) is 9.83. The number of anilines is 1. The first kappa shape index (κ1) is 23.9. The van der Waals surface area contributed by atoms with Gasteiger partial charge in [-0.1, -0.05) is 6.07 Å². The van der Waals surface area contributed by atoms with Crippen LogP contribution in [0.5, 0.6) is 0 Å². The zero-order valence-corrected chi connectivity index (χ0v) is 17.0. The van der Waals surface area contributed by atoms with Crippen molar-refractivity contribution in [3.63, 3.8) is 0 Å². The SMILES string of the molecule is CC(CNc1ncc(C(F)(F)F)cn1)N(CC(F)F)C(=O)c1cccc(F)c1-n1nccn1. The first-order chi connectivity index (χ1) is 15.6. The van der Waals surface area contributed by atoms with Gasteiger partial charge in [-0.25, -0.2) is 23.1 Å². The third-order valence-corrected chi connectivity index (χ3v) is 4.50. The fourth-order valence-corrected chi connectivity index (χ4v) is 2.90. The highest BCUT2D eigenvalue weighted by Crippen LogP contribution is 2.28. The van der Waals surface area contributed by atoms with Crippen LogP contribution in [-0.2, 0) is 6.18 Å². The summed E-state index contributed by atoms with van der Waals surface area (Å²) in [6, 6.07) is 2.66. The second-order valence-electron chi connectivity index (χ2n) is 6.83. The molecule has 1 atom stereocenters. The Morgan fingerprint density at radius 3 is 2.36 bits per heavy atom. The lowest BCUT2D eigenvalue weighted by atomic mass is 10.1. The van der Waals surface area contributed by atoms with E-state index in [4.69, 9.17) is 0 Å². The molecule has 3 rings (SSSR count). The van der Waals surface area contributed by atoms with Crippen molar-refractivity contribution in [3.05, 3.63) is 59.9 Å². The topological polar surface area (TPSA) is 88.8 Å². The number of carbonyl (C=O) groups excluding carboxylic acids is 1. The number of para-hydroxylation sites is 1. The number of hydrogen-bond acceptors (Lipinski definition) is 6. The zero-order chi connectivity index (χ0) is 24.2. The van der Waals surface area contributed by atoms with Crippen molar-refractivity contribution in [1.82, 2.24) is 29.9 Å². The van der Waals surface area contributed by atoms with E-state index in [1.807, 2.05) is 0 Å². The van der Waals surface area contributed by atoms with E-state index >= 15 is 0 Å². The van der Waals surface area contributed by atoms with Gasteiger partial charge in [-0.05, 0) is 19.1 Å². The number of rotatable bonds is 8. The summed E-state index contributed by atoms with van der Waals surface area (Å²) in [6.07, 6.45) is -3.87. The Kier molecular flexibility index (Phi) is 7.13. The van der Waals surface area contributed by atoms with Crippen molar-refractivity contribution in [3.8, 4) is 5.69 Å². The predicted octanol–water partition coefficient (Wildman–Crippen LogP) is 3.42. The van der Waals surface area contributed by atoms with Crippen LogP contribution in [0.25, 0.3) is 5.69 Å². The lowest BCUT2D eigenvalue weighted by Gasteiger charge is -2.30. The van der Waals surface area contributed by atoms with Gasteiger partial charge in [-0.3, -0.25) is 4.79 Å². The monoisotopic (exact) mass is 473 g/mol. The van der Waals surface area contributed by atoms with Gasteiger partial charge in [-0.15, -0.1) is 4.80 Å². The van der Waals surface area contributed by atoms with Gasteiger partial charge in [0.2, 0.25) is 5.95 Å². The average molecular weight is 473 g/mol. The van der Waals surface area contributed by atoms with Crippen LogP contribution in [0, 0.1) is 5.82 Å². The number of nitrogens with one attached hydrogen (secondary N) is 1. The maximum atomic E-state index is 14.5. The van der Waals surface area contributed by atoms with Crippen molar-refractivity contribution in [1.29, 1.82) is 0 Å².